The summed E-state index contributed by atoms with van der Waals surface area (Å²) in [6.45, 7) is 0.183. The summed E-state index contributed by atoms with van der Waals surface area (Å²) in [5, 5.41) is 0.378. The Balaban J connectivity index is 1.66. The van der Waals surface area contributed by atoms with Crippen LogP contribution in [-0.2, 0) is 27.6 Å². The van der Waals surface area contributed by atoms with Crippen LogP contribution in [0.2, 0.25) is 0 Å². The number of sulfone groups is 1. The first-order valence-corrected chi connectivity index (χ1v) is 12.1. The highest BCUT2D eigenvalue weighted by atomic mass is 32.2. The molecule has 0 N–H and O–H groups in total. The van der Waals surface area contributed by atoms with Crippen molar-refractivity contribution < 1.29 is 17.6 Å². The van der Waals surface area contributed by atoms with E-state index in [4.69, 9.17) is 0 Å². The second-order valence-corrected chi connectivity index (χ2v) is 10.0. The predicted octanol–water partition coefficient (Wildman–Crippen LogP) is 4.01. The Morgan fingerprint density at radius 2 is 1.84 bits per heavy atom. The fourth-order valence-electron chi connectivity index (χ4n) is 3.06. The maximum Gasteiger partial charge on any atom is 0.233 e. The zero-order valence-corrected chi connectivity index (χ0v) is 18.2. The van der Waals surface area contributed by atoms with Crippen LogP contribution >= 0.6 is 11.3 Å². The van der Waals surface area contributed by atoms with E-state index in [0.717, 1.165) is 6.26 Å². The van der Waals surface area contributed by atoms with Gasteiger partial charge in [-0.05, 0) is 42.0 Å². The number of amides is 1. The number of hydrogen-bond acceptors (Lipinski definition) is 6. The van der Waals surface area contributed by atoms with Gasteiger partial charge in [0.15, 0.2) is 15.0 Å². The maximum atomic E-state index is 14.2. The summed E-state index contributed by atoms with van der Waals surface area (Å²) in [6.07, 6.45) is 2.81. The zero-order valence-electron chi connectivity index (χ0n) is 16.5. The molecular weight excluding hydrogens is 437 g/mol. The molecule has 2 heterocycles. The third-order valence-corrected chi connectivity index (χ3v) is 6.82. The molecule has 0 saturated heterocycles. The molecule has 9 heteroatoms. The van der Waals surface area contributed by atoms with Crippen molar-refractivity contribution >= 4 is 42.4 Å². The van der Waals surface area contributed by atoms with Crippen LogP contribution < -0.4 is 4.90 Å². The molecule has 2 aromatic carbocycles. The average molecular weight is 456 g/mol. The Kier molecular flexibility index (Phi) is 5.79. The molecule has 0 fully saturated rings. The number of benzene rings is 2. The standard InChI is InChI=1S/C22H18FN3O3S2/c1-31(28,29)17-10-8-15(9-11-17)13-20(27)26(14-16-5-2-3-12-24-16)22-25-21-18(23)6-4-7-19(21)30-22/h2-12H,13-14H2,1H3. The first-order valence-electron chi connectivity index (χ1n) is 9.35. The van der Waals surface area contributed by atoms with Crippen molar-refractivity contribution in [2.24, 2.45) is 0 Å². The number of rotatable bonds is 6. The van der Waals surface area contributed by atoms with Gasteiger partial charge in [0.1, 0.15) is 11.3 Å². The first-order chi connectivity index (χ1) is 14.8. The lowest BCUT2D eigenvalue weighted by molar-refractivity contribution is -0.118. The Hall–Kier alpha value is -3.17. The molecule has 158 valence electrons. The van der Waals surface area contributed by atoms with Crippen molar-refractivity contribution in [3.8, 4) is 0 Å². The van der Waals surface area contributed by atoms with E-state index in [9.17, 15) is 17.6 Å². The highest BCUT2D eigenvalue weighted by Crippen LogP contribution is 2.31. The van der Waals surface area contributed by atoms with E-state index in [0.29, 0.717) is 21.1 Å². The van der Waals surface area contributed by atoms with Crippen LogP contribution in [0.1, 0.15) is 11.3 Å². The summed E-state index contributed by atoms with van der Waals surface area (Å²) in [7, 11) is -3.31. The van der Waals surface area contributed by atoms with Gasteiger partial charge in [-0.15, -0.1) is 0 Å². The Morgan fingerprint density at radius 3 is 2.48 bits per heavy atom. The van der Waals surface area contributed by atoms with Gasteiger partial charge in [0, 0.05) is 12.5 Å². The SMILES string of the molecule is CS(=O)(=O)c1ccc(CC(=O)N(Cc2ccccn2)c2nc3c(F)cccc3s2)cc1. The van der Waals surface area contributed by atoms with Gasteiger partial charge in [0.25, 0.3) is 0 Å². The molecule has 0 spiro atoms. The molecule has 0 radical (unpaired) electrons. The van der Waals surface area contributed by atoms with Gasteiger partial charge in [0.05, 0.1) is 28.3 Å². The highest BCUT2D eigenvalue weighted by molar-refractivity contribution is 7.90. The van der Waals surface area contributed by atoms with Gasteiger partial charge in [-0.2, -0.15) is 0 Å². The van der Waals surface area contributed by atoms with Crippen molar-refractivity contribution in [1.82, 2.24) is 9.97 Å². The van der Waals surface area contributed by atoms with Crippen LogP contribution in [0.5, 0.6) is 0 Å². The fourth-order valence-corrected chi connectivity index (χ4v) is 4.69. The lowest BCUT2D eigenvalue weighted by Crippen LogP contribution is -2.32. The van der Waals surface area contributed by atoms with E-state index in [2.05, 4.69) is 9.97 Å². The first kappa shape index (κ1) is 21.1. The van der Waals surface area contributed by atoms with E-state index in [-0.39, 0.29) is 29.3 Å². The molecule has 0 aliphatic rings. The molecule has 4 aromatic rings. The van der Waals surface area contributed by atoms with Gasteiger partial charge >= 0.3 is 0 Å². The number of carbonyl (C=O) groups excluding carboxylic acids is 1. The number of hydrogen-bond donors (Lipinski definition) is 0. The average Bonchev–Trinajstić information content (AvgIpc) is 3.18. The molecule has 6 nitrogen and oxygen atoms in total. The summed E-state index contributed by atoms with van der Waals surface area (Å²) in [4.78, 5) is 23.5. The smallest absolute Gasteiger partial charge is 0.233 e. The number of para-hydroxylation sites is 1. The predicted molar refractivity (Wildman–Crippen MR) is 118 cm³/mol. The van der Waals surface area contributed by atoms with E-state index in [1.165, 1.54) is 34.4 Å². The van der Waals surface area contributed by atoms with Crippen LogP contribution in [0.4, 0.5) is 9.52 Å². The summed E-state index contributed by atoms with van der Waals surface area (Å²) < 4.78 is 38.1. The van der Waals surface area contributed by atoms with Crippen molar-refractivity contribution in [2.45, 2.75) is 17.9 Å². The number of carbonyl (C=O) groups is 1. The number of halogens is 1. The van der Waals surface area contributed by atoms with E-state index in [1.807, 2.05) is 6.07 Å². The second kappa shape index (κ2) is 8.52. The second-order valence-electron chi connectivity index (χ2n) is 6.98. The molecule has 0 aliphatic carbocycles. The molecule has 0 atom stereocenters. The molecule has 31 heavy (non-hydrogen) atoms. The van der Waals surface area contributed by atoms with E-state index in [1.54, 1.807) is 42.6 Å². The summed E-state index contributed by atoms with van der Waals surface area (Å²) in [5.74, 6) is -0.696. The quantitative estimate of drug-likeness (QED) is 0.439. The minimum Gasteiger partial charge on any atom is -0.282 e. The molecule has 0 unspecified atom stereocenters. The largest absolute Gasteiger partial charge is 0.282 e. The summed E-state index contributed by atoms with van der Waals surface area (Å²) in [5.41, 5.74) is 1.55. The molecule has 0 saturated carbocycles. The molecule has 4 rings (SSSR count). The summed E-state index contributed by atoms with van der Waals surface area (Å²) >= 11 is 1.23. The van der Waals surface area contributed by atoms with Gasteiger partial charge in [-0.25, -0.2) is 17.8 Å². The highest BCUT2D eigenvalue weighted by Gasteiger charge is 2.22. The Labute approximate surface area is 182 Å². The van der Waals surface area contributed by atoms with Crippen molar-refractivity contribution in [3.63, 3.8) is 0 Å². The van der Waals surface area contributed by atoms with Crippen molar-refractivity contribution in [1.29, 1.82) is 0 Å². The number of nitrogens with zero attached hydrogens (tertiary/aromatic N) is 3. The van der Waals surface area contributed by atoms with Crippen LogP contribution in [0.15, 0.2) is 71.8 Å². The van der Waals surface area contributed by atoms with Gasteiger partial charge in [-0.3, -0.25) is 14.7 Å². The number of anilines is 1. The molecule has 0 aliphatic heterocycles. The normalized spacial score (nSPS) is 11.5. The summed E-state index contributed by atoms with van der Waals surface area (Å²) in [6, 6.07) is 16.3. The molecule has 0 bridgehead atoms. The molecule has 2 aromatic heterocycles. The number of fused-ring (bicyclic) bond motifs is 1. The maximum absolute atomic E-state index is 14.2. The van der Waals surface area contributed by atoms with Crippen LogP contribution in [0.3, 0.4) is 0 Å². The van der Waals surface area contributed by atoms with Crippen LogP contribution in [0.25, 0.3) is 10.2 Å². The third kappa shape index (κ3) is 4.78. The van der Waals surface area contributed by atoms with Crippen molar-refractivity contribution in [2.75, 3.05) is 11.2 Å². The molecule has 1 amide bonds. The third-order valence-electron chi connectivity index (χ3n) is 4.64. The number of pyridine rings is 1. The Morgan fingerprint density at radius 1 is 1.06 bits per heavy atom. The lowest BCUT2D eigenvalue weighted by Gasteiger charge is -2.19. The van der Waals surface area contributed by atoms with Gasteiger partial charge in [0.2, 0.25) is 5.91 Å². The zero-order chi connectivity index (χ0) is 22.0. The van der Waals surface area contributed by atoms with E-state index >= 15 is 0 Å². The minimum absolute atomic E-state index is 0.0370. The monoisotopic (exact) mass is 455 g/mol. The molecular formula is C22H18FN3O3S2. The number of thiazole rings is 1. The topological polar surface area (TPSA) is 80.2 Å². The van der Waals surface area contributed by atoms with E-state index < -0.39 is 15.7 Å². The van der Waals surface area contributed by atoms with Crippen LogP contribution in [0, 0.1) is 5.82 Å². The van der Waals surface area contributed by atoms with Gasteiger partial charge in [-0.1, -0.05) is 35.6 Å². The Bertz CT molecular complexity index is 1340. The van der Waals surface area contributed by atoms with Crippen LogP contribution in [-0.4, -0.2) is 30.5 Å². The van der Waals surface area contributed by atoms with Crippen molar-refractivity contribution in [3.05, 3.63) is 83.9 Å². The minimum atomic E-state index is -3.31. The van der Waals surface area contributed by atoms with Gasteiger partial charge < -0.3 is 0 Å². The lowest BCUT2D eigenvalue weighted by atomic mass is 10.1. The number of aromatic nitrogens is 2. The fraction of sp³-hybridized carbons (Fsp3) is 0.136.